The molecule has 0 aromatic heterocycles. The number of ether oxygens (including phenoxy) is 1. The van der Waals surface area contributed by atoms with E-state index in [1.54, 1.807) is 36.4 Å². The predicted octanol–water partition coefficient (Wildman–Crippen LogP) is 3.61. The predicted molar refractivity (Wildman–Crippen MR) is 77.1 cm³/mol. The van der Waals surface area contributed by atoms with Crippen molar-refractivity contribution in [3.8, 4) is 0 Å². The number of halogens is 1. The summed E-state index contributed by atoms with van der Waals surface area (Å²) in [5.41, 5.74) is 0.804. The lowest BCUT2D eigenvalue weighted by Gasteiger charge is -2.03. The van der Waals surface area contributed by atoms with Crippen molar-refractivity contribution < 1.29 is 14.5 Å². The van der Waals surface area contributed by atoms with Crippen LogP contribution in [0, 0.1) is 10.1 Å². The third kappa shape index (κ3) is 2.28. The van der Waals surface area contributed by atoms with Crippen LogP contribution in [0.4, 0.5) is 0 Å². The molecule has 0 N–H and O–H groups in total. The molecule has 0 saturated carbocycles. The van der Waals surface area contributed by atoms with Gasteiger partial charge in [0.2, 0.25) is 5.76 Å². The maximum Gasteiger partial charge on any atom is 0.344 e. The van der Waals surface area contributed by atoms with E-state index in [2.05, 4.69) is 0 Å². The third-order valence-corrected chi connectivity index (χ3v) is 3.35. The van der Waals surface area contributed by atoms with Crippen LogP contribution in [-0.2, 0) is 4.74 Å². The van der Waals surface area contributed by atoms with Crippen LogP contribution >= 0.6 is 11.6 Å². The molecule has 0 atom stereocenters. The molecule has 5 nitrogen and oxygen atoms in total. The molecule has 0 fully saturated rings. The molecule has 0 saturated heterocycles. The number of esters is 1. The number of hydrogen-bond acceptors (Lipinski definition) is 4. The standard InChI is InChI=1S/C15H8ClNO4/c16-10-7-5-9(6-8-10)13(17(19)20)14-11-3-1-2-4-12(11)15(18)21-14/h1-8H/b14-13+. The fourth-order valence-corrected chi connectivity index (χ4v) is 2.29. The van der Waals surface area contributed by atoms with Crippen molar-refractivity contribution in [2.24, 2.45) is 0 Å². The van der Waals surface area contributed by atoms with Gasteiger partial charge in [-0.15, -0.1) is 0 Å². The van der Waals surface area contributed by atoms with Crippen LogP contribution < -0.4 is 0 Å². The van der Waals surface area contributed by atoms with Crippen LogP contribution in [0.5, 0.6) is 0 Å². The van der Waals surface area contributed by atoms with Crippen molar-refractivity contribution in [3.05, 3.63) is 80.4 Å². The van der Waals surface area contributed by atoms with Crippen molar-refractivity contribution >= 4 is 29.0 Å². The zero-order valence-electron chi connectivity index (χ0n) is 10.6. The van der Waals surface area contributed by atoms with Gasteiger partial charge in [-0.25, -0.2) is 4.79 Å². The molecule has 0 spiro atoms. The van der Waals surface area contributed by atoms with Gasteiger partial charge in [0, 0.05) is 10.6 Å². The zero-order chi connectivity index (χ0) is 15.0. The Hall–Kier alpha value is -2.66. The Balaban J connectivity index is 2.25. The SMILES string of the molecule is O=C1O/C(=C(\c2ccc(Cl)cc2)[N+](=O)[O-])c2ccccc21. The van der Waals surface area contributed by atoms with E-state index in [-0.39, 0.29) is 11.5 Å². The molecule has 0 aliphatic carbocycles. The van der Waals surface area contributed by atoms with Gasteiger partial charge < -0.3 is 4.74 Å². The van der Waals surface area contributed by atoms with E-state index >= 15 is 0 Å². The molecule has 6 heteroatoms. The topological polar surface area (TPSA) is 69.4 Å². The lowest BCUT2D eigenvalue weighted by Crippen LogP contribution is -2.02. The molecule has 1 heterocycles. The Morgan fingerprint density at radius 3 is 2.29 bits per heavy atom. The number of fused-ring (bicyclic) bond motifs is 1. The molecule has 0 unspecified atom stereocenters. The summed E-state index contributed by atoms with van der Waals surface area (Å²) in [6.45, 7) is 0. The second-order valence-electron chi connectivity index (χ2n) is 4.38. The smallest absolute Gasteiger partial charge is 0.344 e. The number of carbonyl (C=O) groups is 1. The minimum atomic E-state index is -0.589. The number of nitrogens with zero attached hydrogens (tertiary/aromatic N) is 1. The average molecular weight is 302 g/mol. The van der Waals surface area contributed by atoms with E-state index in [1.807, 2.05) is 0 Å². The third-order valence-electron chi connectivity index (χ3n) is 3.10. The van der Waals surface area contributed by atoms with E-state index in [0.717, 1.165) is 0 Å². The van der Waals surface area contributed by atoms with Gasteiger partial charge in [0.15, 0.2) is 0 Å². The highest BCUT2D eigenvalue weighted by Gasteiger charge is 2.34. The van der Waals surface area contributed by atoms with E-state index in [1.165, 1.54) is 12.1 Å². The second-order valence-corrected chi connectivity index (χ2v) is 4.81. The van der Waals surface area contributed by atoms with Crippen molar-refractivity contribution in [3.63, 3.8) is 0 Å². The minimum absolute atomic E-state index is 0.0390. The monoisotopic (exact) mass is 301 g/mol. The maximum atomic E-state index is 11.8. The number of nitro groups is 1. The van der Waals surface area contributed by atoms with Gasteiger partial charge in [-0.3, -0.25) is 10.1 Å². The van der Waals surface area contributed by atoms with Gasteiger partial charge in [0.25, 0.3) is 0 Å². The Morgan fingerprint density at radius 2 is 1.67 bits per heavy atom. The van der Waals surface area contributed by atoms with Crippen molar-refractivity contribution in [1.82, 2.24) is 0 Å². The molecular formula is C15H8ClNO4. The largest absolute Gasteiger partial charge is 0.415 e. The lowest BCUT2D eigenvalue weighted by molar-refractivity contribution is -0.375. The first kappa shape index (κ1) is 13.3. The number of cyclic esters (lactones) is 1. The summed E-state index contributed by atoms with van der Waals surface area (Å²) in [6, 6.07) is 12.7. The Morgan fingerprint density at radius 1 is 1.05 bits per heavy atom. The van der Waals surface area contributed by atoms with E-state index in [0.29, 0.717) is 21.7 Å². The second kappa shape index (κ2) is 5.03. The summed E-state index contributed by atoms with van der Waals surface area (Å²) in [5, 5.41) is 11.9. The first-order valence-electron chi connectivity index (χ1n) is 6.04. The molecule has 2 aromatic rings. The number of hydrogen-bond donors (Lipinski definition) is 0. The van der Waals surface area contributed by atoms with Crippen LogP contribution in [0.15, 0.2) is 48.5 Å². The summed E-state index contributed by atoms with van der Waals surface area (Å²) < 4.78 is 5.11. The number of carbonyl (C=O) groups excluding carboxylic acids is 1. The molecule has 2 aromatic carbocycles. The molecule has 1 aliphatic heterocycles. The van der Waals surface area contributed by atoms with Crippen LogP contribution in [-0.4, -0.2) is 10.9 Å². The highest BCUT2D eigenvalue weighted by Crippen LogP contribution is 2.36. The highest BCUT2D eigenvalue weighted by molar-refractivity contribution is 6.30. The fraction of sp³-hybridized carbons (Fsp3) is 0. The van der Waals surface area contributed by atoms with Crippen LogP contribution in [0.25, 0.3) is 11.5 Å². The summed E-state index contributed by atoms with van der Waals surface area (Å²) in [4.78, 5) is 22.6. The number of rotatable bonds is 2. The van der Waals surface area contributed by atoms with Gasteiger partial charge in [0.05, 0.1) is 16.1 Å². The molecular weight excluding hydrogens is 294 g/mol. The Bertz CT molecular complexity index is 781. The maximum absolute atomic E-state index is 11.8. The summed E-state index contributed by atoms with van der Waals surface area (Å²) in [6.07, 6.45) is 0. The summed E-state index contributed by atoms with van der Waals surface area (Å²) in [7, 11) is 0. The lowest BCUT2D eigenvalue weighted by atomic mass is 10.0. The zero-order valence-corrected chi connectivity index (χ0v) is 11.3. The van der Waals surface area contributed by atoms with Gasteiger partial charge >= 0.3 is 11.7 Å². The van der Waals surface area contributed by atoms with Crippen molar-refractivity contribution in [1.29, 1.82) is 0 Å². The molecule has 104 valence electrons. The molecule has 21 heavy (non-hydrogen) atoms. The van der Waals surface area contributed by atoms with Gasteiger partial charge in [-0.1, -0.05) is 29.8 Å². The quantitative estimate of drug-likeness (QED) is 0.482. The fourth-order valence-electron chi connectivity index (χ4n) is 2.16. The van der Waals surface area contributed by atoms with E-state index < -0.39 is 10.9 Å². The Labute approximate surface area is 124 Å². The normalized spacial score (nSPS) is 15.4. The molecule has 1 aliphatic rings. The van der Waals surface area contributed by atoms with Gasteiger partial charge in [-0.05, 0) is 30.3 Å². The van der Waals surface area contributed by atoms with Crippen molar-refractivity contribution in [2.45, 2.75) is 0 Å². The van der Waals surface area contributed by atoms with Crippen LogP contribution in [0.2, 0.25) is 5.02 Å². The van der Waals surface area contributed by atoms with Gasteiger partial charge in [-0.2, -0.15) is 0 Å². The van der Waals surface area contributed by atoms with E-state index in [4.69, 9.17) is 16.3 Å². The first-order valence-corrected chi connectivity index (χ1v) is 6.42. The molecule has 0 amide bonds. The number of benzene rings is 2. The molecule has 3 rings (SSSR count). The highest BCUT2D eigenvalue weighted by atomic mass is 35.5. The summed E-state index contributed by atoms with van der Waals surface area (Å²) in [5.74, 6) is -0.628. The first-order chi connectivity index (χ1) is 10.1. The van der Waals surface area contributed by atoms with E-state index in [9.17, 15) is 14.9 Å². The molecule has 0 bridgehead atoms. The molecule has 0 radical (unpaired) electrons. The average Bonchev–Trinajstić information content (AvgIpc) is 2.79. The summed E-state index contributed by atoms with van der Waals surface area (Å²) >= 11 is 5.79. The minimum Gasteiger partial charge on any atom is -0.415 e. The van der Waals surface area contributed by atoms with Crippen LogP contribution in [0.1, 0.15) is 21.5 Å². The Kier molecular flexibility index (Phi) is 3.19. The van der Waals surface area contributed by atoms with Crippen LogP contribution in [0.3, 0.4) is 0 Å². The van der Waals surface area contributed by atoms with Gasteiger partial charge in [0.1, 0.15) is 0 Å². The van der Waals surface area contributed by atoms with Crippen molar-refractivity contribution in [2.75, 3.05) is 0 Å².